The summed E-state index contributed by atoms with van der Waals surface area (Å²) in [5.74, 6) is 0.715. The van der Waals surface area contributed by atoms with E-state index in [0.29, 0.717) is 18.9 Å². The lowest BCUT2D eigenvalue weighted by atomic mass is 9.91. The molecule has 0 spiro atoms. The van der Waals surface area contributed by atoms with Gasteiger partial charge in [-0.15, -0.1) is 0 Å². The molecule has 1 aromatic carbocycles. The lowest BCUT2D eigenvalue weighted by Crippen LogP contribution is -2.38. The fourth-order valence-corrected chi connectivity index (χ4v) is 3.43. The van der Waals surface area contributed by atoms with Gasteiger partial charge in [-0.1, -0.05) is 17.7 Å². The van der Waals surface area contributed by atoms with Gasteiger partial charge in [0.1, 0.15) is 0 Å². The van der Waals surface area contributed by atoms with Crippen molar-refractivity contribution in [2.45, 2.75) is 39.2 Å². The molecule has 0 aliphatic carbocycles. The Hall–Kier alpha value is -2.69. The number of aromatic nitrogens is 1. The molecule has 1 aromatic heterocycles. The number of hydrogen-bond donors (Lipinski definition) is 1. The number of likely N-dealkylation sites (tertiary alicyclic amines) is 1. The molecule has 1 fully saturated rings. The number of hydrogen-bond acceptors (Lipinski definition) is 3. The summed E-state index contributed by atoms with van der Waals surface area (Å²) in [7, 11) is 0. The van der Waals surface area contributed by atoms with E-state index in [1.165, 1.54) is 0 Å². The number of pyridine rings is 1. The van der Waals surface area contributed by atoms with E-state index in [0.717, 1.165) is 49.0 Å². The van der Waals surface area contributed by atoms with Crippen molar-refractivity contribution in [3.8, 4) is 0 Å². The first-order valence-corrected chi connectivity index (χ1v) is 9.63. The zero-order valence-electron chi connectivity index (χ0n) is 15.9. The number of amides is 2. The van der Waals surface area contributed by atoms with Gasteiger partial charge in [-0.25, -0.2) is 0 Å². The Morgan fingerprint density at radius 1 is 1.07 bits per heavy atom. The van der Waals surface area contributed by atoms with Crippen molar-refractivity contribution in [2.24, 2.45) is 5.92 Å². The van der Waals surface area contributed by atoms with E-state index in [9.17, 15) is 9.59 Å². The Labute approximate surface area is 160 Å². The van der Waals surface area contributed by atoms with Gasteiger partial charge < -0.3 is 10.2 Å². The van der Waals surface area contributed by atoms with Gasteiger partial charge in [0.25, 0.3) is 5.91 Å². The summed E-state index contributed by atoms with van der Waals surface area (Å²) in [6.07, 6.45) is 6.82. The van der Waals surface area contributed by atoms with Crippen LogP contribution in [0.25, 0.3) is 0 Å². The van der Waals surface area contributed by atoms with Crippen LogP contribution < -0.4 is 5.32 Å². The van der Waals surface area contributed by atoms with E-state index in [1.54, 1.807) is 12.4 Å². The lowest BCUT2D eigenvalue weighted by Gasteiger charge is -2.32. The van der Waals surface area contributed by atoms with Gasteiger partial charge in [0, 0.05) is 44.0 Å². The minimum absolute atomic E-state index is 0.0879. The SMILES string of the molecule is Cc1ccc(C(=O)N2CCC(CCC(=O)NCc3ccncc3)CC2)cc1. The molecule has 1 N–H and O–H groups in total. The predicted octanol–water partition coefficient (Wildman–Crippen LogP) is 3.34. The van der Waals surface area contributed by atoms with Crippen LogP contribution in [0.15, 0.2) is 48.8 Å². The molecular weight excluding hydrogens is 338 g/mol. The first kappa shape index (κ1) is 19.1. The van der Waals surface area contributed by atoms with E-state index in [4.69, 9.17) is 0 Å². The van der Waals surface area contributed by atoms with Crippen molar-refractivity contribution in [3.63, 3.8) is 0 Å². The van der Waals surface area contributed by atoms with Crippen molar-refractivity contribution < 1.29 is 9.59 Å². The number of aryl methyl sites for hydroxylation is 1. The molecule has 5 nitrogen and oxygen atoms in total. The summed E-state index contributed by atoms with van der Waals surface area (Å²) in [4.78, 5) is 30.5. The Bertz CT molecular complexity index is 751. The van der Waals surface area contributed by atoms with Crippen LogP contribution in [-0.4, -0.2) is 34.8 Å². The second-order valence-electron chi connectivity index (χ2n) is 7.27. The smallest absolute Gasteiger partial charge is 0.253 e. The van der Waals surface area contributed by atoms with Gasteiger partial charge in [-0.05, 0) is 61.9 Å². The average molecular weight is 365 g/mol. The fraction of sp³-hybridized carbons (Fsp3) is 0.409. The summed E-state index contributed by atoms with van der Waals surface area (Å²) < 4.78 is 0. The van der Waals surface area contributed by atoms with Crippen LogP contribution >= 0.6 is 0 Å². The minimum Gasteiger partial charge on any atom is -0.352 e. The van der Waals surface area contributed by atoms with Crippen LogP contribution in [0.5, 0.6) is 0 Å². The molecule has 3 rings (SSSR count). The third-order valence-electron chi connectivity index (χ3n) is 5.22. The highest BCUT2D eigenvalue weighted by atomic mass is 16.2. The van der Waals surface area contributed by atoms with Gasteiger partial charge in [0.05, 0.1) is 0 Å². The third kappa shape index (κ3) is 5.64. The first-order valence-electron chi connectivity index (χ1n) is 9.63. The molecule has 0 radical (unpaired) electrons. The second kappa shape index (κ2) is 9.31. The number of nitrogens with one attached hydrogen (secondary N) is 1. The maximum atomic E-state index is 12.6. The minimum atomic E-state index is 0.0879. The van der Waals surface area contributed by atoms with E-state index < -0.39 is 0 Å². The molecule has 1 saturated heterocycles. The maximum absolute atomic E-state index is 12.6. The van der Waals surface area contributed by atoms with Gasteiger partial charge in [-0.3, -0.25) is 14.6 Å². The largest absolute Gasteiger partial charge is 0.352 e. The summed E-state index contributed by atoms with van der Waals surface area (Å²) in [5.41, 5.74) is 2.98. The molecule has 0 saturated carbocycles. The summed E-state index contributed by atoms with van der Waals surface area (Å²) in [6.45, 7) is 4.11. The summed E-state index contributed by atoms with van der Waals surface area (Å²) >= 11 is 0. The third-order valence-corrected chi connectivity index (χ3v) is 5.22. The Morgan fingerprint density at radius 2 is 1.74 bits per heavy atom. The first-order chi connectivity index (χ1) is 13.1. The van der Waals surface area contributed by atoms with Crippen LogP contribution in [0.1, 0.15) is 47.2 Å². The Morgan fingerprint density at radius 3 is 2.41 bits per heavy atom. The molecule has 2 aromatic rings. The van der Waals surface area contributed by atoms with E-state index in [2.05, 4.69) is 10.3 Å². The summed E-state index contributed by atoms with van der Waals surface area (Å²) in [6, 6.07) is 11.6. The number of nitrogens with zero attached hydrogens (tertiary/aromatic N) is 2. The Kier molecular flexibility index (Phi) is 6.58. The monoisotopic (exact) mass is 365 g/mol. The number of carbonyl (C=O) groups excluding carboxylic acids is 2. The highest BCUT2D eigenvalue weighted by molar-refractivity contribution is 5.94. The van der Waals surface area contributed by atoms with Crippen LogP contribution in [-0.2, 0) is 11.3 Å². The van der Waals surface area contributed by atoms with Crippen molar-refractivity contribution in [1.82, 2.24) is 15.2 Å². The van der Waals surface area contributed by atoms with Crippen LogP contribution in [0.4, 0.5) is 0 Å². The number of piperidine rings is 1. The van der Waals surface area contributed by atoms with E-state index >= 15 is 0 Å². The van der Waals surface area contributed by atoms with E-state index in [1.807, 2.05) is 48.2 Å². The van der Waals surface area contributed by atoms with Gasteiger partial charge in [0.15, 0.2) is 0 Å². The molecule has 1 aliphatic rings. The van der Waals surface area contributed by atoms with Crippen molar-refractivity contribution in [3.05, 3.63) is 65.5 Å². The molecule has 0 unspecified atom stereocenters. The molecular formula is C22H27N3O2. The zero-order chi connectivity index (χ0) is 19.1. The molecule has 27 heavy (non-hydrogen) atoms. The average Bonchev–Trinajstić information content (AvgIpc) is 2.72. The fourth-order valence-electron chi connectivity index (χ4n) is 3.43. The van der Waals surface area contributed by atoms with Gasteiger partial charge in [-0.2, -0.15) is 0 Å². The molecule has 0 atom stereocenters. The zero-order valence-corrected chi connectivity index (χ0v) is 15.9. The van der Waals surface area contributed by atoms with Crippen molar-refractivity contribution in [1.29, 1.82) is 0 Å². The van der Waals surface area contributed by atoms with Crippen LogP contribution in [0.2, 0.25) is 0 Å². The lowest BCUT2D eigenvalue weighted by molar-refractivity contribution is -0.121. The molecule has 2 heterocycles. The highest BCUT2D eigenvalue weighted by Gasteiger charge is 2.23. The number of rotatable bonds is 6. The van der Waals surface area contributed by atoms with E-state index in [-0.39, 0.29) is 11.8 Å². The number of carbonyl (C=O) groups is 2. The number of benzene rings is 1. The van der Waals surface area contributed by atoms with Gasteiger partial charge >= 0.3 is 0 Å². The quantitative estimate of drug-likeness (QED) is 0.854. The summed E-state index contributed by atoms with van der Waals surface area (Å²) in [5, 5.41) is 2.96. The Balaban J connectivity index is 1.37. The van der Waals surface area contributed by atoms with Crippen molar-refractivity contribution in [2.75, 3.05) is 13.1 Å². The molecule has 2 amide bonds. The molecule has 0 bridgehead atoms. The normalized spacial score (nSPS) is 14.8. The predicted molar refractivity (Wildman–Crippen MR) is 105 cm³/mol. The standard InChI is InChI=1S/C22H27N3O2/c1-17-2-5-20(6-3-17)22(27)25-14-10-18(11-15-25)4-7-21(26)24-16-19-8-12-23-13-9-19/h2-3,5-6,8-9,12-13,18H,4,7,10-11,14-16H2,1H3,(H,24,26). The van der Waals surface area contributed by atoms with Crippen LogP contribution in [0, 0.1) is 12.8 Å². The van der Waals surface area contributed by atoms with Crippen molar-refractivity contribution >= 4 is 11.8 Å². The molecule has 1 aliphatic heterocycles. The topological polar surface area (TPSA) is 62.3 Å². The highest BCUT2D eigenvalue weighted by Crippen LogP contribution is 2.23. The second-order valence-corrected chi connectivity index (χ2v) is 7.27. The van der Waals surface area contributed by atoms with Gasteiger partial charge in [0.2, 0.25) is 5.91 Å². The molecule has 5 heteroatoms. The molecule has 142 valence electrons. The maximum Gasteiger partial charge on any atom is 0.253 e. The van der Waals surface area contributed by atoms with Crippen LogP contribution in [0.3, 0.4) is 0 Å².